The molecule has 0 saturated heterocycles. The van der Waals surface area contributed by atoms with Gasteiger partial charge in [0, 0.05) is 12.4 Å². The number of rotatable bonds is 6. The third-order valence-electron chi connectivity index (χ3n) is 3.82. The van der Waals surface area contributed by atoms with E-state index in [4.69, 9.17) is 16.3 Å². The molecular formula is C20H18Cl2N2O3S. The summed E-state index contributed by atoms with van der Waals surface area (Å²) in [5.41, 5.74) is 1.97. The lowest BCUT2D eigenvalue weighted by molar-refractivity contribution is 0.414. The summed E-state index contributed by atoms with van der Waals surface area (Å²) in [6.45, 7) is 0. The molecule has 146 valence electrons. The number of anilines is 1. The lowest BCUT2D eigenvalue weighted by Gasteiger charge is -2.11. The Labute approximate surface area is 175 Å². The molecule has 2 aromatic carbocycles. The molecule has 1 N–H and O–H groups in total. The summed E-state index contributed by atoms with van der Waals surface area (Å²) < 4.78 is 33.0. The molecule has 0 aliphatic carbocycles. The van der Waals surface area contributed by atoms with Gasteiger partial charge in [-0.15, -0.1) is 12.4 Å². The summed E-state index contributed by atoms with van der Waals surface area (Å²) in [6, 6.07) is 15.1. The zero-order valence-corrected chi connectivity index (χ0v) is 17.3. The number of hydrogen-bond acceptors (Lipinski definition) is 4. The predicted octanol–water partition coefficient (Wildman–Crippen LogP) is 5.14. The first-order chi connectivity index (χ1) is 13.0. The fraction of sp³-hybridized carbons (Fsp3) is 0.0500. The Hall–Kier alpha value is -2.54. The van der Waals surface area contributed by atoms with Gasteiger partial charge in [0.25, 0.3) is 10.0 Å². The smallest absolute Gasteiger partial charge is 0.261 e. The molecule has 28 heavy (non-hydrogen) atoms. The Morgan fingerprint density at radius 2 is 1.68 bits per heavy atom. The van der Waals surface area contributed by atoms with Crippen molar-refractivity contribution >= 4 is 51.9 Å². The highest BCUT2D eigenvalue weighted by Gasteiger charge is 2.15. The van der Waals surface area contributed by atoms with Crippen LogP contribution in [0.4, 0.5) is 5.69 Å². The number of hydrogen-bond donors (Lipinski definition) is 1. The maximum absolute atomic E-state index is 12.7. The molecule has 1 heterocycles. The van der Waals surface area contributed by atoms with E-state index in [1.54, 1.807) is 48.8 Å². The second kappa shape index (κ2) is 9.59. The fourth-order valence-corrected chi connectivity index (χ4v) is 3.66. The van der Waals surface area contributed by atoms with E-state index in [1.165, 1.54) is 19.2 Å². The average Bonchev–Trinajstić information content (AvgIpc) is 2.68. The van der Waals surface area contributed by atoms with Gasteiger partial charge in [0.15, 0.2) is 0 Å². The van der Waals surface area contributed by atoms with Gasteiger partial charge < -0.3 is 4.74 Å². The van der Waals surface area contributed by atoms with E-state index in [2.05, 4.69) is 9.71 Å². The molecule has 5 nitrogen and oxygen atoms in total. The van der Waals surface area contributed by atoms with Crippen LogP contribution in [-0.4, -0.2) is 20.5 Å². The van der Waals surface area contributed by atoms with Crippen LogP contribution in [0.5, 0.6) is 5.75 Å². The maximum atomic E-state index is 12.7. The third-order valence-corrected chi connectivity index (χ3v) is 5.52. The van der Waals surface area contributed by atoms with Crippen LogP contribution < -0.4 is 9.46 Å². The summed E-state index contributed by atoms with van der Waals surface area (Å²) in [7, 11) is -2.20. The zero-order valence-electron chi connectivity index (χ0n) is 14.9. The number of aromatic nitrogens is 1. The summed E-state index contributed by atoms with van der Waals surface area (Å²) >= 11 is 6.11. The highest BCUT2D eigenvalue weighted by Crippen LogP contribution is 2.24. The minimum atomic E-state index is -3.73. The summed E-state index contributed by atoms with van der Waals surface area (Å²) in [5, 5.41) is 0.519. The fourth-order valence-electron chi connectivity index (χ4n) is 2.39. The molecule has 0 amide bonds. The van der Waals surface area contributed by atoms with E-state index in [1.807, 2.05) is 18.2 Å². The Balaban J connectivity index is 0.00000280. The van der Waals surface area contributed by atoms with E-state index >= 15 is 0 Å². The number of pyridine rings is 1. The number of para-hydroxylation sites is 1. The van der Waals surface area contributed by atoms with Crippen molar-refractivity contribution in [3.05, 3.63) is 83.1 Å². The van der Waals surface area contributed by atoms with Gasteiger partial charge in [0.2, 0.25) is 0 Å². The number of nitrogens with zero attached hydrogens (tertiary/aromatic N) is 1. The third kappa shape index (κ3) is 5.25. The summed E-state index contributed by atoms with van der Waals surface area (Å²) in [5.74, 6) is 0.589. The minimum absolute atomic E-state index is 0. The van der Waals surface area contributed by atoms with Gasteiger partial charge in [-0.25, -0.2) is 8.42 Å². The topological polar surface area (TPSA) is 68.3 Å². The molecule has 0 aliphatic heterocycles. The van der Waals surface area contributed by atoms with Crippen molar-refractivity contribution in [1.82, 2.24) is 4.98 Å². The first-order valence-electron chi connectivity index (χ1n) is 8.03. The van der Waals surface area contributed by atoms with Crippen molar-refractivity contribution < 1.29 is 13.2 Å². The lowest BCUT2D eigenvalue weighted by atomic mass is 10.1. The quantitative estimate of drug-likeness (QED) is 0.580. The average molecular weight is 437 g/mol. The van der Waals surface area contributed by atoms with Crippen LogP contribution in [0, 0.1) is 0 Å². The van der Waals surface area contributed by atoms with Gasteiger partial charge in [-0.3, -0.25) is 9.71 Å². The number of halogens is 2. The Kier molecular flexibility index (Phi) is 7.45. The Morgan fingerprint density at radius 3 is 2.36 bits per heavy atom. The molecule has 3 rings (SSSR count). The minimum Gasteiger partial charge on any atom is -0.497 e. The molecule has 0 unspecified atom stereocenters. The van der Waals surface area contributed by atoms with Gasteiger partial charge in [0.1, 0.15) is 5.75 Å². The molecule has 3 aromatic rings. The van der Waals surface area contributed by atoms with Crippen molar-refractivity contribution in [1.29, 1.82) is 0 Å². The molecule has 1 aromatic heterocycles. The van der Waals surface area contributed by atoms with Crippen LogP contribution in [0.1, 0.15) is 11.1 Å². The van der Waals surface area contributed by atoms with Gasteiger partial charge in [-0.2, -0.15) is 0 Å². The predicted molar refractivity (Wildman–Crippen MR) is 116 cm³/mol. The van der Waals surface area contributed by atoms with Crippen molar-refractivity contribution in [2.75, 3.05) is 11.8 Å². The van der Waals surface area contributed by atoms with Crippen molar-refractivity contribution in [2.24, 2.45) is 0 Å². The molecule has 0 saturated carbocycles. The van der Waals surface area contributed by atoms with Gasteiger partial charge in [0.05, 0.1) is 22.7 Å². The van der Waals surface area contributed by atoms with Crippen LogP contribution in [-0.2, 0) is 10.0 Å². The number of methoxy groups -OCH3 is 1. The van der Waals surface area contributed by atoms with Gasteiger partial charge >= 0.3 is 0 Å². The highest BCUT2D eigenvalue weighted by atomic mass is 35.5. The molecule has 0 spiro atoms. The van der Waals surface area contributed by atoms with Crippen LogP contribution >= 0.6 is 24.0 Å². The molecule has 0 bridgehead atoms. The van der Waals surface area contributed by atoms with Crippen LogP contribution in [0.25, 0.3) is 12.2 Å². The van der Waals surface area contributed by atoms with Crippen molar-refractivity contribution in [2.45, 2.75) is 4.90 Å². The van der Waals surface area contributed by atoms with E-state index in [0.717, 1.165) is 5.56 Å². The zero-order chi connectivity index (χ0) is 19.3. The van der Waals surface area contributed by atoms with Crippen LogP contribution in [0.15, 0.2) is 71.9 Å². The van der Waals surface area contributed by atoms with Crippen molar-refractivity contribution in [3.8, 4) is 5.75 Å². The summed E-state index contributed by atoms with van der Waals surface area (Å²) in [6.07, 6.45) is 6.81. The van der Waals surface area contributed by atoms with Gasteiger partial charge in [-0.05, 0) is 47.5 Å². The monoisotopic (exact) mass is 436 g/mol. The maximum Gasteiger partial charge on any atom is 0.261 e. The van der Waals surface area contributed by atoms with Crippen LogP contribution in [0.2, 0.25) is 5.02 Å². The second-order valence-corrected chi connectivity index (χ2v) is 7.69. The SMILES string of the molecule is COc1ccc(S(=O)(=O)Nc2ccccc2C=Cc2ccncc2Cl)cc1.Cl. The largest absolute Gasteiger partial charge is 0.497 e. The first kappa shape index (κ1) is 21.8. The molecule has 0 aliphatic rings. The highest BCUT2D eigenvalue weighted by molar-refractivity contribution is 7.92. The van der Waals surface area contributed by atoms with E-state index in [0.29, 0.717) is 22.0 Å². The number of sulfonamides is 1. The van der Waals surface area contributed by atoms with E-state index in [-0.39, 0.29) is 17.3 Å². The van der Waals surface area contributed by atoms with Crippen molar-refractivity contribution in [3.63, 3.8) is 0 Å². The second-order valence-electron chi connectivity index (χ2n) is 5.60. The number of ether oxygens (including phenoxy) is 1. The first-order valence-corrected chi connectivity index (χ1v) is 9.89. The Bertz CT molecular complexity index is 1070. The van der Waals surface area contributed by atoms with E-state index in [9.17, 15) is 8.42 Å². The normalized spacial score (nSPS) is 11.1. The lowest BCUT2D eigenvalue weighted by Crippen LogP contribution is -2.13. The van der Waals surface area contributed by atoms with E-state index < -0.39 is 10.0 Å². The summed E-state index contributed by atoms with van der Waals surface area (Å²) in [4.78, 5) is 4.10. The van der Waals surface area contributed by atoms with Crippen LogP contribution in [0.3, 0.4) is 0 Å². The number of nitrogens with one attached hydrogen (secondary N) is 1. The molecule has 0 atom stereocenters. The molecule has 0 radical (unpaired) electrons. The Morgan fingerprint density at radius 1 is 1.00 bits per heavy atom. The molecule has 0 fully saturated rings. The number of benzene rings is 2. The molecule has 8 heteroatoms. The van der Waals surface area contributed by atoms with Gasteiger partial charge in [-0.1, -0.05) is 42.0 Å². The standard InChI is InChI=1S/C20H17ClN2O3S.ClH/c1-26-17-8-10-18(11-9-17)27(24,25)23-20-5-3-2-4-16(20)7-6-15-12-13-22-14-19(15)21;/h2-14,23H,1H3;1H. The molecular weight excluding hydrogens is 419 g/mol.